The van der Waals surface area contributed by atoms with E-state index in [0.29, 0.717) is 54.9 Å². The highest BCUT2D eigenvalue weighted by atomic mass is 35.5. The highest BCUT2D eigenvalue weighted by Gasteiger charge is 2.51. The number of hydrogen-bond acceptors (Lipinski definition) is 5. The van der Waals surface area contributed by atoms with Gasteiger partial charge in [0.15, 0.2) is 11.5 Å². The van der Waals surface area contributed by atoms with Crippen LogP contribution >= 0.6 is 11.6 Å². The predicted molar refractivity (Wildman–Crippen MR) is 118 cm³/mol. The van der Waals surface area contributed by atoms with Gasteiger partial charge in [-0.3, -0.25) is 20.4 Å². The number of carbonyl (C=O) groups is 2. The summed E-state index contributed by atoms with van der Waals surface area (Å²) in [5, 5.41) is 0.610. The van der Waals surface area contributed by atoms with E-state index in [2.05, 4.69) is 10.9 Å². The van der Waals surface area contributed by atoms with Crippen LogP contribution in [0.15, 0.2) is 36.4 Å². The smallest absolute Gasteiger partial charge is 0.269 e. The number of hydrazine groups is 1. The Kier molecular flexibility index (Phi) is 7.28. The van der Waals surface area contributed by atoms with Gasteiger partial charge in [0, 0.05) is 10.6 Å². The molecule has 1 aliphatic carbocycles. The minimum absolute atomic E-state index is 0.260. The van der Waals surface area contributed by atoms with Gasteiger partial charge >= 0.3 is 0 Å². The molecule has 0 atom stereocenters. The first-order chi connectivity index (χ1) is 14.9. The van der Waals surface area contributed by atoms with Gasteiger partial charge in [-0.2, -0.15) is 0 Å². The van der Waals surface area contributed by atoms with Crippen LogP contribution in [0.2, 0.25) is 5.02 Å². The van der Waals surface area contributed by atoms with E-state index in [-0.39, 0.29) is 11.5 Å². The summed E-state index contributed by atoms with van der Waals surface area (Å²) in [6.07, 6.45) is 1.42. The Balaban J connectivity index is 1.75. The molecule has 0 heterocycles. The Morgan fingerprint density at radius 3 is 1.94 bits per heavy atom. The first-order valence-electron chi connectivity index (χ1n) is 10.4. The summed E-state index contributed by atoms with van der Waals surface area (Å²) < 4.78 is 16.9. The highest BCUT2D eigenvalue weighted by Crippen LogP contribution is 2.48. The second-order valence-corrected chi connectivity index (χ2v) is 7.53. The van der Waals surface area contributed by atoms with E-state index in [4.69, 9.17) is 25.8 Å². The molecule has 0 unspecified atom stereocenters. The van der Waals surface area contributed by atoms with E-state index in [1.165, 1.54) is 0 Å². The number of carbonyl (C=O) groups excluding carboxylic acids is 2. The summed E-state index contributed by atoms with van der Waals surface area (Å²) in [5.74, 6) is 0.527. The second kappa shape index (κ2) is 9.92. The number of benzene rings is 2. The third-order valence-electron chi connectivity index (χ3n) is 5.04. The largest absolute Gasteiger partial charge is 0.490 e. The van der Waals surface area contributed by atoms with Crippen LogP contribution in [0.3, 0.4) is 0 Å². The van der Waals surface area contributed by atoms with Gasteiger partial charge in [0.1, 0.15) is 0 Å². The summed E-state index contributed by atoms with van der Waals surface area (Å²) in [6, 6.07) is 10.3. The molecule has 1 fully saturated rings. The van der Waals surface area contributed by atoms with Crippen molar-refractivity contribution in [3.8, 4) is 17.2 Å². The molecule has 0 aromatic heterocycles. The van der Waals surface area contributed by atoms with Crippen molar-refractivity contribution in [3.63, 3.8) is 0 Å². The maximum Gasteiger partial charge on any atom is 0.269 e. The molecule has 2 aromatic rings. The normalized spacial score (nSPS) is 13.8. The van der Waals surface area contributed by atoms with Crippen molar-refractivity contribution in [3.05, 3.63) is 52.5 Å². The van der Waals surface area contributed by atoms with Gasteiger partial charge in [0.2, 0.25) is 11.7 Å². The van der Waals surface area contributed by atoms with Gasteiger partial charge < -0.3 is 14.2 Å². The summed E-state index contributed by atoms with van der Waals surface area (Å²) in [5.41, 5.74) is 5.58. The highest BCUT2D eigenvalue weighted by molar-refractivity contribution is 6.30. The standard InChI is InChI=1S/C23H27ClN2O5/c1-4-29-18-13-15(14-19(30-5-2)20(18)31-6-3)21(27)25-26-22(28)23(11-12-23)16-7-9-17(24)10-8-16/h7-10,13-14H,4-6,11-12H2,1-3H3,(H,25,27)(H,26,28). The molecule has 8 heteroatoms. The van der Waals surface area contributed by atoms with Crippen molar-refractivity contribution in [2.24, 2.45) is 0 Å². The summed E-state index contributed by atoms with van der Waals surface area (Å²) >= 11 is 5.95. The van der Waals surface area contributed by atoms with Crippen LogP contribution in [0.1, 0.15) is 49.5 Å². The van der Waals surface area contributed by atoms with Crippen molar-refractivity contribution in [1.82, 2.24) is 10.9 Å². The molecule has 3 rings (SSSR count). The molecule has 7 nitrogen and oxygen atoms in total. The van der Waals surface area contributed by atoms with E-state index in [1.54, 1.807) is 24.3 Å². The molecular weight excluding hydrogens is 420 g/mol. The number of rotatable bonds is 9. The zero-order valence-electron chi connectivity index (χ0n) is 17.9. The predicted octanol–water partition coefficient (Wildman–Crippen LogP) is 4.03. The van der Waals surface area contributed by atoms with E-state index in [1.807, 2.05) is 32.9 Å². The van der Waals surface area contributed by atoms with Crippen LogP contribution in [-0.4, -0.2) is 31.6 Å². The zero-order valence-corrected chi connectivity index (χ0v) is 18.7. The lowest BCUT2D eigenvalue weighted by atomic mass is 9.95. The maximum atomic E-state index is 12.8. The van der Waals surface area contributed by atoms with Gasteiger partial charge in [0.25, 0.3) is 5.91 Å². The first-order valence-corrected chi connectivity index (χ1v) is 10.8. The lowest BCUT2D eigenvalue weighted by molar-refractivity contribution is -0.124. The summed E-state index contributed by atoms with van der Waals surface area (Å²) in [4.78, 5) is 25.6. The van der Waals surface area contributed by atoms with Gasteiger partial charge in [-0.05, 0) is 63.4 Å². The number of amides is 2. The van der Waals surface area contributed by atoms with Crippen LogP contribution in [0, 0.1) is 0 Å². The molecule has 0 radical (unpaired) electrons. The number of ether oxygens (including phenoxy) is 3. The molecule has 1 aliphatic rings. The molecule has 2 N–H and O–H groups in total. The van der Waals surface area contributed by atoms with E-state index in [0.717, 1.165) is 5.56 Å². The number of halogens is 1. The van der Waals surface area contributed by atoms with E-state index < -0.39 is 11.3 Å². The second-order valence-electron chi connectivity index (χ2n) is 7.10. The molecule has 1 saturated carbocycles. The van der Waals surface area contributed by atoms with Gasteiger partial charge in [0.05, 0.1) is 25.2 Å². The van der Waals surface area contributed by atoms with Crippen LogP contribution in [-0.2, 0) is 10.2 Å². The third kappa shape index (κ3) is 5.05. The third-order valence-corrected chi connectivity index (χ3v) is 5.29. The monoisotopic (exact) mass is 446 g/mol. The van der Waals surface area contributed by atoms with Gasteiger partial charge in [-0.15, -0.1) is 0 Å². The Morgan fingerprint density at radius 2 is 1.45 bits per heavy atom. The van der Waals surface area contributed by atoms with Crippen molar-refractivity contribution in [1.29, 1.82) is 0 Å². The lowest BCUT2D eigenvalue weighted by Crippen LogP contribution is -2.46. The molecule has 0 aliphatic heterocycles. The lowest BCUT2D eigenvalue weighted by Gasteiger charge is -2.18. The number of nitrogens with one attached hydrogen (secondary N) is 2. The molecule has 2 aromatic carbocycles. The minimum atomic E-state index is -0.635. The average molecular weight is 447 g/mol. The van der Waals surface area contributed by atoms with Gasteiger partial charge in [-0.25, -0.2) is 0 Å². The van der Waals surface area contributed by atoms with Crippen LogP contribution in [0.4, 0.5) is 0 Å². The molecule has 0 bridgehead atoms. The fourth-order valence-electron chi connectivity index (χ4n) is 3.37. The molecule has 0 saturated heterocycles. The summed E-state index contributed by atoms with van der Waals surface area (Å²) in [7, 11) is 0. The van der Waals surface area contributed by atoms with Crippen molar-refractivity contribution in [2.75, 3.05) is 19.8 Å². The SMILES string of the molecule is CCOc1cc(C(=O)NNC(=O)C2(c3ccc(Cl)cc3)CC2)cc(OCC)c1OCC. The van der Waals surface area contributed by atoms with E-state index >= 15 is 0 Å². The fourth-order valence-corrected chi connectivity index (χ4v) is 3.49. The fraction of sp³-hybridized carbons (Fsp3) is 0.391. The minimum Gasteiger partial charge on any atom is -0.490 e. The zero-order chi connectivity index (χ0) is 22.4. The van der Waals surface area contributed by atoms with Crippen molar-refractivity contribution >= 4 is 23.4 Å². The van der Waals surface area contributed by atoms with E-state index in [9.17, 15) is 9.59 Å². The van der Waals surface area contributed by atoms with Crippen LogP contribution < -0.4 is 25.1 Å². The molecule has 0 spiro atoms. The van der Waals surface area contributed by atoms with Crippen molar-refractivity contribution < 1.29 is 23.8 Å². The molecule has 31 heavy (non-hydrogen) atoms. The Hall–Kier alpha value is -2.93. The van der Waals surface area contributed by atoms with Crippen LogP contribution in [0.5, 0.6) is 17.2 Å². The Morgan fingerprint density at radius 1 is 0.903 bits per heavy atom. The maximum absolute atomic E-state index is 12.8. The van der Waals surface area contributed by atoms with Crippen LogP contribution in [0.25, 0.3) is 0 Å². The molecule has 2 amide bonds. The molecule has 166 valence electrons. The average Bonchev–Trinajstić information content (AvgIpc) is 3.56. The molecular formula is C23H27ClN2O5. The Labute approximate surface area is 187 Å². The first kappa shape index (κ1) is 22.7. The topological polar surface area (TPSA) is 85.9 Å². The Bertz CT molecular complexity index is 914. The van der Waals surface area contributed by atoms with Crippen molar-refractivity contribution in [2.45, 2.75) is 39.0 Å². The quantitative estimate of drug-likeness (QED) is 0.568. The number of hydrogen-bond donors (Lipinski definition) is 2. The van der Waals surface area contributed by atoms with Gasteiger partial charge in [-0.1, -0.05) is 23.7 Å². The summed E-state index contributed by atoms with van der Waals surface area (Å²) in [6.45, 7) is 6.77.